The quantitative estimate of drug-likeness (QED) is 0.711. The summed E-state index contributed by atoms with van der Waals surface area (Å²) in [5.41, 5.74) is 1.02. The third kappa shape index (κ3) is 2.31. The third-order valence-electron chi connectivity index (χ3n) is 3.34. The molecule has 19 heavy (non-hydrogen) atoms. The van der Waals surface area contributed by atoms with E-state index >= 15 is 0 Å². The molecule has 0 bridgehead atoms. The van der Waals surface area contributed by atoms with Crippen molar-refractivity contribution in [1.29, 1.82) is 0 Å². The number of carboxylic acid groups (broad SMARTS) is 1. The van der Waals surface area contributed by atoms with Gasteiger partial charge >= 0.3 is 6.09 Å². The lowest BCUT2D eigenvalue weighted by Crippen LogP contribution is -2.42. The van der Waals surface area contributed by atoms with Crippen LogP contribution in [-0.4, -0.2) is 44.8 Å². The lowest BCUT2D eigenvalue weighted by atomic mass is 10.2. The Morgan fingerprint density at radius 2 is 2.26 bits per heavy atom. The second-order valence-electron chi connectivity index (χ2n) is 4.78. The number of nitrogens with one attached hydrogen (secondary N) is 2. The van der Waals surface area contributed by atoms with Crippen LogP contribution in [0.25, 0.3) is 0 Å². The fourth-order valence-electron chi connectivity index (χ4n) is 2.15. The predicted molar refractivity (Wildman–Crippen MR) is 66.9 cm³/mol. The van der Waals surface area contributed by atoms with Crippen LogP contribution in [0.2, 0.25) is 0 Å². The molecule has 1 aliphatic heterocycles. The highest BCUT2D eigenvalue weighted by atomic mass is 16.4. The molecule has 1 atom stereocenters. The summed E-state index contributed by atoms with van der Waals surface area (Å²) in [5.74, 6) is 0.586. The van der Waals surface area contributed by atoms with Crippen molar-refractivity contribution in [3.8, 4) is 0 Å². The van der Waals surface area contributed by atoms with E-state index in [-0.39, 0.29) is 12.5 Å². The van der Waals surface area contributed by atoms with Crippen LogP contribution < -0.4 is 5.32 Å². The Bertz CT molecular complexity index is 547. The SMILES string of the molecule is O=C(Nc1cc(C2CC2)[nH]n1)[C@@H]1C=CCN1C(=O)O. The summed E-state index contributed by atoms with van der Waals surface area (Å²) in [6.07, 6.45) is 4.43. The highest BCUT2D eigenvalue weighted by Crippen LogP contribution is 2.39. The van der Waals surface area contributed by atoms with Crippen molar-refractivity contribution in [2.24, 2.45) is 0 Å². The summed E-state index contributed by atoms with van der Waals surface area (Å²) in [4.78, 5) is 24.0. The number of amides is 2. The van der Waals surface area contributed by atoms with E-state index in [4.69, 9.17) is 5.11 Å². The number of carbonyl (C=O) groups excluding carboxylic acids is 1. The first-order valence-electron chi connectivity index (χ1n) is 6.17. The Labute approximate surface area is 109 Å². The number of rotatable bonds is 3. The zero-order chi connectivity index (χ0) is 13.4. The van der Waals surface area contributed by atoms with E-state index in [0.717, 1.165) is 23.4 Å². The molecule has 1 aromatic heterocycles. The molecule has 0 unspecified atom stereocenters. The predicted octanol–water partition coefficient (Wildman–Crippen LogP) is 1.14. The molecule has 1 aromatic rings. The number of aromatic amines is 1. The second kappa shape index (κ2) is 4.42. The van der Waals surface area contributed by atoms with Crippen LogP contribution in [0.3, 0.4) is 0 Å². The summed E-state index contributed by atoms with van der Waals surface area (Å²) in [5, 5.41) is 18.5. The Morgan fingerprint density at radius 1 is 1.47 bits per heavy atom. The van der Waals surface area contributed by atoms with E-state index in [1.54, 1.807) is 18.2 Å². The average Bonchev–Trinajstić information content (AvgIpc) is 2.92. The minimum atomic E-state index is -1.11. The largest absolute Gasteiger partial charge is 0.465 e. The van der Waals surface area contributed by atoms with E-state index in [1.807, 2.05) is 0 Å². The molecule has 3 N–H and O–H groups in total. The van der Waals surface area contributed by atoms with E-state index in [9.17, 15) is 9.59 Å². The number of hydrogen-bond acceptors (Lipinski definition) is 3. The van der Waals surface area contributed by atoms with Gasteiger partial charge in [-0.2, -0.15) is 5.10 Å². The van der Waals surface area contributed by atoms with Gasteiger partial charge in [-0.15, -0.1) is 0 Å². The Kier molecular flexibility index (Phi) is 2.73. The van der Waals surface area contributed by atoms with Gasteiger partial charge in [0.15, 0.2) is 5.82 Å². The molecule has 1 fully saturated rings. The van der Waals surface area contributed by atoms with Crippen LogP contribution in [0, 0.1) is 0 Å². The van der Waals surface area contributed by atoms with Gasteiger partial charge in [-0.25, -0.2) is 4.79 Å². The van der Waals surface area contributed by atoms with Crippen molar-refractivity contribution in [2.45, 2.75) is 24.8 Å². The molecule has 0 aromatic carbocycles. The summed E-state index contributed by atoms with van der Waals surface area (Å²) >= 11 is 0. The van der Waals surface area contributed by atoms with Crippen molar-refractivity contribution in [1.82, 2.24) is 15.1 Å². The summed E-state index contributed by atoms with van der Waals surface area (Å²) in [6, 6.07) is 1.03. The smallest absolute Gasteiger partial charge is 0.408 e. The van der Waals surface area contributed by atoms with Crippen molar-refractivity contribution < 1.29 is 14.7 Å². The summed E-state index contributed by atoms with van der Waals surface area (Å²) in [6.45, 7) is 0.237. The molecule has 2 heterocycles. The monoisotopic (exact) mass is 262 g/mol. The van der Waals surface area contributed by atoms with Crippen LogP contribution in [0.5, 0.6) is 0 Å². The summed E-state index contributed by atoms with van der Waals surface area (Å²) in [7, 11) is 0. The van der Waals surface area contributed by atoms with E-state index in [2.05, 4.69) is 15.5 Å². The number of carbonyl (C=O) groups is 2. The number of anilines is 1. The average molecular weight is 262 g/mol. The van der Waals surface area contributed by atoms with Crippen LogP contribution in [0.4, 0.5) is 10.6 Å². The van der Waals surface area contributed by atoms with E-state index < -0.39 is 12.1 Å². The number of hydrogen-bond donors (Lipinski definition) is 3. The highest BCUT2D eigenvalue weighted by Gasteiger charge is 2.31. The molecule has 0 radical (unpaired) electrons. The molecule has 0 saturated heterocycles. The Hall–Kier alpha value is -2.31. The highest BCUT2D eigenvalue weighted by molar-refractivity contribution is 5.97. The minimum Gasteiger partial charge on any atom is -0.465 e. The maximum absolute atomic E-state index is 12.0. The number of H-pyrrole nitrogens is 1. The molecule has 7 nitrogen and oxygen atoms in total. The standard InChI is InChI=1S/C12H14N4O3/c17-11(9-2-1-5-16(9)12(18)19)13-10-6-8(14-15-10)7-3-4-7/h1-2,6-7,9H,3-5H2,(H,18,19)(H2,13,14,15,17)/t9-/m0/s1. The normalized spacial score (nSPS) is 21.7. The Morgan fingerprint density at radius 3 is 2.95 bits per heavy atom. The van der Waals surface area contributed by atoms with Gasteiger partial charge in [0.1, 0.15) is 6.04 Å². The molecular formula is C12H14N4O3. The zero-order valence-corrected chi connectivity index (χ0v) is 10.2. The van der Waals surface area contributed by atoms with Crippen molar-refractivity contribution in [3.05, 3.63) is 23.9 Å². The fraction of sp³-hybridized carbons (Fsp3) is 0.417. The molecular weight excluding hydrogens is 248 g/mol. The van der Waals surface area contributed by atoms with Crippen molar-refractivity contribution >= 4 is 17.8 Å². The van der Waals surface area contributed by atoms with Crippen LogP contribution in [0.1, 0.15) is 24.5 Å². The van der Waals surface area contributed by atoms with Crippen LogP contribution >= 0.6 is 0 Å². The van der Waals surface area contributed by atoms with Crippen molar-refractivity contribution in [3.63, 3.8) is 0 Å². The molecule has 1 saturated carbocycles. The number of aromatic nitrogens is 2. The maximum atomic E-state index is 12.0. The maximum Gasteiger partial charge on any atom is 0.408 e. The van der Waals surface area contributed by atoms with Gasteiger partial charge in [-0.1, -0.05) is 12.2 Å². The molecule has 2 amide bonds. The molecule has 3 rings (SSSR count). The van der Waals surface area contributed by atoms with Crippen LogP contribution in [0.15, 0.2) is 18.2 Å². The lowest BCUT2D eigenvalue weighted by molar-refractivity contribution is -0.118. The molecule has 2 aliphatic rings. The molecule has 100 valence electrons. The van der Waals surface area contributed by atoms with Gasteiger partial charge in [0.25, 0.3) is 5.91 Å². The van der Waals surface area contributed by atoms with Gasteiger partial charge in [-0.05, 0) is 12.8 Å². The third-order valence-corrected chi connectivity index (χ3v) is 3.34. The first kappa shape index (κ1) is 11.8. The molecule has 1 aliphatic carbocycles. The molecule has 0 spiro atoms. The van der Waals surface area contributed by atoms with Crippen LogP contribution in [-0.2, 0) is 4.79 Å². The molecule has 7 heteroatoms. The lowest BCUT2D eigenvalue weighted by Gasteiger charge is -2.19. The second-order valence-corrected chi connectivity index (χ2v) is 4.78. The number of nitrogens with zero attached hydrogens (tertiary/aromatic N) is 2. The zero-order valence-electron chi connectivity index (χ0n) is 10.2. The van der Waals surface area contributed by atoms with E-state index in [0.29, 0.717) is 11.7 Å². The van der Waals surface area contributed by atoms with Gasteiger partial charge < -0.3 is 10.4 Å². The topological polar surface area (TPSA) is 98.3 Å². The minimum absolute atomic E-state index is 0.237. The Balaban J connectivity index is 1.66. The van der Waals surface area contributed by atoms with Gasteiger partial charge in [0.05, 0.1) is 0 Å². The van der Waals surface area contributed by atoms with Gasteiger partial charge in [0, 0.05) is 24.2 Å². The van der Waals surface area contributed by atoms with Crippen molar-refractivity contribution in [2.75, 3.05) is 11.9 Å². The van der Waals surface area contributed by atoms with Gasteiger partial charge in [-0.3, -0.25) is 14.8 Å². The first-order chi connectivity index (χ1) is 9.15. The first-order valence-corrected chi connectivity index (χ1v) is 6.17. The fourth-order valence-corrected chi connectivity index (χ4v) is 2.15. The van der Waals surface area contributed by atoms with Gasteiger partial charge in [0.2, 0.25) is 0 Å². The van der Waals surface area contributed by atoms with E-state index in [1.165, 1.54) is 0 Å². The summed E-state index contributed by atoms with van der Waals surface area (Å²) < 4.78 is 0.